The number of carbonyl (C=O) groups excluding carboxylic acids is 2. The summed E-state index contributed by atoms with van der Waals surface area (Å²) in [5, 5.41) is 8.88. The molecule has 2 rings (SSSR count). The quantitative estimate of drug-likeness (QED) is 0.304. The molecule has 0 heterocycles. The molecule has 29 heavy (non-hydrogen) atoms. The van der Waals surface area contributed by atoms with E-state index in [-0.39, 0.29) is 5.75 Å². The largest absolute Gasteiger partial charge is 0.507 e. The number of aldehydes is 2. The van der Waals surface area contributed by atoms with E-state index < -0.39 is 0 Å². The van der Waals surface area contributed by atoms with Gasteiger partial charge in [0.15, 0.2) is 12.6 Å². The van der Waals surface area contributed by atoms with Crippen LogP contribution >= 0.6 is 0 Å². The maximum Gasteiger partial charge on any atom is 0.153 e. The number of benzene rings is 2. The number of unbranched alkanes of at least 4 members (excludes halogenated alkanes) is 8. The first-order valence-corrected chi connectivity index (χ1v) is 10.6. The Morgan fingerprint density at radius 2 is 1.24 bits per heavy atom. The molecule has 0 atom stereocenters. The molecule has 2 aromatic carbocycles. The minimum Gasteiger partial charge on any atom is -0.507 e. The first kappa shape index (κ1) is 24.4. The molecule has 0 fully saturated rings. The summed E-state index contributed by atoms with van der Waals surface area (Å²) in [5.41, 5.74) is 0.973. The van der Waals surface area contributed by atoms with E-state index in [1.807, 2.05) is 18.2 Å². The average molecular weight is 399 g/mol. The van der Waals surface area contributed by atoms with Crippen molar-refractivity contribution in [1.82, 2.24) is 0 Å². The van der Waals surface area contributed by atoms with E-state index in [1.165, 1.54) is 57.4 Å². The molecule has 0 aliphatic carbocycles. The number of phenolic OH excluding ortho intramolecular Hbond substituents is 1. The van der Waals surface area contributed by atoms with Crippen LogP contribution in [0.25, 0.3) is 0 Å². The molecule has 0 saturated carbocycles. The molecular weight excluding hydrogens is 364 g/mol. The maximum absolute atomic E-state index is 10.8. The van der Waals surface area contributed by atoms with Crippen molar-refractivity contribution in [3.63, 3.8) is 0 Å². The number of rotatable bonds is 13. The first-order valence-electron chi connectivity index (χ1n) is 10.6. The second-order valence-electron chi connectivity index (χ2n) is 7.01. The van der Waals surface area contributed by atoms with Gasteiger partial charge in [-0.15, -0.1) is 0 Å². The van der Waals surface area contributed by atoms with Gasteiger partial charge in [0.2, 0.25) is 0 Å². The number of hydrogen-bond donors (Lipinski definition) is 1. The van der Waals surface area contributed by atoms with Crippen LogP contribution in [0.3, 0.4) is 0 Å². The fraction of sp³-hybridized carbons (Fsp3) is 0.440. The normalized spacial score (nSPS) is 9.97. The summed E-state index contributed by atoms with van der Waals surface area (Å²) in [6, 6.07) is 13.8. The van der Waals surface area contributed by atoms with Crippen molar-refractivity contribution in [3.8, 4) is 11.5 Å². The van der Waals surface area contributed by atoms with Gasteiger partial charge in [-0.25, -0.2) is 0 Å². The van der Waals surface area contributed by atoms with E-state index in [9.17, 15) is 9.59 Å². The summed E-state index contributed by atoms with van der Waals surface area (Å²) in [4.78, 5) is 20.9. The summed E-state index contributed by atoms with van der Waals surface area (Å²) >= 11 is 0. The molecule has 0 aliphatic rings. The molecule has 1 N–H and O–H groups in total. The van der Waals surface area contributed by atoms with Gasteiger partial charge in [-0.2, -0.15) is 0 Å². The molecular formula is C25H34O4. The summed E-state index contributed by atoms with van der Waals surface area (Å²) in [7, 11) is 0. The van der Waals surface area contributed by atoms with E-state index in [0.717, 1.165) is 12.7 Å². The lowest BCUT2D eigenvalue weighted by Gasteiger charge is -2.08. The predicted molar refractivity (Wildman–Crippen MR) is 118 cm³/mol. The van der Waals surface area contributed by atoms with Gasteiger partial charge in [0.25, 0.3) is 0 Å². The lowest BCUT2D eigenvalue weighted by atomic mass is 10.1. The average Bonchev–Trinajstić information content (AvgIpc) is 2.76. The van der Waals surface area contributed by atoms with Crippen LogP contribution in [0, 0.1) is 0 Å². The van der Waals surface area contributed by atoms with Crippen molar-refractivity contribution in [1.29, 1.82) is 0 Å². The number of hydrogen-bond acceptors (Lipinski definition) is 4. The Morgan fingerprint density at radius 1 is 0.724 bits per heavy atom. The summed E-state index contributed by atoms with van der Waals surface area (Å²) in [5.74, 6) is 0.745. The molecule has 158 valence electrons. The molecule has 0 amide bonds. The highest BCUT2D eigenvalue weighted by atomic mass is 16.5. The van der Waals surface area contributed by atoms with E-state index in [0.29, 0.717) is 29.8 Å². The van der Waals surface area contributed by atoms with Gasteiger partial charge >= 0.3 is 0 Å². The molecule has 0 saturated heterocycles. The van der Waals surface area contributed by atoms with Crippen LogP contribution in [0.15, 0.2) is 48.5 Å². The van der Waals surface area contributed by atoms with E-state index in [4.69, 9.17) is 9.84 Å². The lowest BCUT2D eigenvalue weighted by molar-refractivity contribution is 0.111. The van der Waals surface area contributed by atoms with E-state index in [2.05, 4.69) is 6.92 Å². The van der Waals surface area contributed by atoms with Crippen LogP contribution in [0.1, 0.15) is 85.4 Å². The first-order chi connectivity index (χ1) is 14.2. The monoisotopic (exact) mass is 398 g/mol. The van der Waals surface area contributed by atoms with Crippen LogP contribution in [0.4, 0.5) is 0 Å². The minimum absolute atomic E-state index is 0.0347. The lowest BCUT2D eigenvalue weighted by Crippen LogP contribution is -1.99. The molecule has 0 bridgehead atoms. The maximum atomic E-state index is 10.8. The molecule has 0 unspecified atom stereocenters. The summed E-state index contributed by atoms with van der Waals surface area (Å²) < 4.78 is 5.66. The molecule has 0 aliphatic heterocycles. The Kier molecular flexibility index (Phi) is 13.8. The zero-order chi connectivity index (χ0) is 21.2. The second kappa shape index (κ2) is 16.3. The predicted octanol–water partition coefficient (Wildman–Crippen LogP) is 6.61. The highest BCUT2D eigenvalue weighted by molar-refractivity contribution is 5.79. The van der Waals surface area contributed by atoms with Gasteiger partial charge in [0.1, 0.15) is 11.5 Å². The zero-order valence-corrected chi connectivity index (χ0v) is 17.5. The number of aromatic hydroxyl groups is 1. The molecule has 2 aromatic rings. The van der Waals surface area contributed by atoms with Crippen molar-refractivity contribution in [2.45, 2.75) is 64.7 Å². The Hall–Kier alpha value is -2.62. The van der Waals surface area contributed by atoms with Crippen molar-refractivity contribution in [3.05, 3.63) is 59.7 Å². The van der Waals surface area contributed by atoms with Gasteiger partial charge in [0, 0.05) is 0 Å². The fourth-order valence-electron chi connectivity index (χ4n) is 2.89. The van der Waals surface area contributed by atoms with Gasteiger partial charge in [-0.05, 0) is 30.7 Å². The van der Waals surface area contributed by atoms with Crippen molar-refractivity contribution in [2.24, 2.45) is 0 Å². The third kappa shape index (κ3) is 11.1. The molecule has 4 nitrogen and oxygen atoms in total. The second-order valence-corrected chi connectivity index (χ2v) is 7.01. The number of ether oxygens (including phenoxy) is 1. The van der Waals surface area contributed by atoms with Crippen molar-refractivity contribution < 1.29 is 19.4 Å². The molecule has 0 aromatic heterocycles. The third-order valence-corrected chi connectivity index (χ3v) is 4.62. The van der Waals surface area contributed by atoms with Gasteiger partial charge in [0.05, 0.1) is 17.7 Å². The zero-order valence-electron chi connectivity index (χ0n) is 17.5. The Morgan fingerprint density at radius 3 is 1.79 bits per heavy atom. The van der Waals surface area contributed by atoms with Crippen LogP contribution in [0.5, 0.6) is 11.5 Å². The Bertz CT molecular complexity index is 697. The van der Waals surface area contributed by atoms with Crippen molar-refractivity contribution >= 4 is 12.6 Å². The highest BCUT2D eigenvalue weighted by Gasteiger charge is 2.00. The summed E-state index contributed by atoms with van der Waals surface area (Å²) in [6.45, 7) is 2.96. The minimum atomic E-state index is 0.0347. The van der Waals surface area contributed by atoms with Crippen LogP contribution in [-0.2, 0) is 0 Å². The Labute approximate surface area is 174 Å². The van der Waals surface area contributed by atoms with Gasteiger partial charge in [-0.3, -0.25) is 9.59 Å². The standard InChI is InChI=1S/C18H28O2.C7H6O2/c1-2-3-4-5-6-7-8-9-12-15-20-18-14-11-10-13-17(18)16-19;8-5-6-3-1-2-4-7(6)9/h10-11,13-14,16H,2-9,12,15H2,1H3;1-5,9H. The van der Waals surface area contributed by atoms with Crippen molar-refractivity contribution in [2.75, 3.05) is 6.61 Å². The SMILES string of the molecule is CCCCCCCCCCCOc1ccccc1C=O.O=Cc1ccccc1O. The highest BCUT2D eigenvalue weighted by Crippen LogP contribution is 2.16. The number of phenols is 1. The van der Waals surface area contributed by atoms with Gasteiger partial charge in [-0.1, -0.05) is 82.6 Å². The number of carbonyl (C=O) groups is 2. The topological polar surface area (TPSA) is 63.6 Å². The van der Waals surface area contributed by atoms with E-state index >= 15 is 0 Å². The van der Waals surface area contributed by atoms with Gasteiger partial charge < -0.3 is 9.84 Å². The molecule has 0 spiro atoms. The third-order valence-electron chi connectivity index (χ3n) is 4.62. The molecule has 4 heteroatoms. The fourth-order valence-corrected chi connectivity index (χ4v) is 2.89. The van der Waals surface area contributed by atoms with E-state index in [1.54, 1.807) is 24.3 Å². The van der Waals surface area contributed by atoms with Crippen LogP contribution in [-0.4, -0.2) is 24.3 Å². The summed E-state index contributed by atoms with van der Waals surface area (Å²) in [6.07, 6.45) is 13.2. The smallest absolute Gasteiger partial charge is 0.153 e. The Balaban J connectivity index is 0.000000387. The number of para-hydroxylation sites is 2. The van der Waals surface area contributed by atoms with Crippen LogP contribution < -0.4 is 4.74 Å². The molecule has 0 radical (unpaired) electrons. The van der Waals surface area contributed by atoms with Crippen LogP contribution in [0.2, 0.25) is 0 Å².